The third-order valence-electron chi connectivity index (χ3n) is 3.06. The summed E-state index contributed by atoms with van der Waals surface area (Å²) < 4.78 is 0. The highest BCUT2D eigenvalue weighted by Crippen LogP contribution is 2.24. The molecule has 1 aromatic heterocycles. The molecule has 0 spiro atoms. The van der Waals surface area contributed by atoms with Crippen molar-refractivity contribution in [3.8, 4) is 0 Å². The highest BCUT2D eigenvalue weighted by atomic mass is 16.1. The van der Waals surface area contributed by atoms with Crippen LogP contribution >= 0.6 is 0 Å². The molecule has 0 bridgehead atoms. The van der Waals surface area contributed by atoms with Gasteiger partial charge in [-0.15, -0.1) is 0 Å². The maximum atomic E-state index is 11.4. The van der Waals surface area contributed by atoms with Crippen LogP contribution in [0.25, 0.3) is 0 Å². The van der Waals surface area contributed by atoms with Crippen LogP contribution in [0.5, 0.6) is 0 Å². The fourth-order valence-corrected chi connectivity index (χ4v) is 2.21. The summed E-state index contributed by atoms with van der Waals surface area (Å²) in [5.41, 5.74) is 6.34. The predicted molar refractivity (Wildman–Crippen MR) is 86.6 cm³/mol. The van der Waals surface area contributed by atoms with Gasteiger partial charge in [-0.05, 0) is 19.8 Å². The Morgan fingerprint density at radius 1 is 1.33 bits per heavy atom. The quantitative estimate of drug-likeness (QED) is 0.762. The van der Waals surface area contributed by atoms with Crippen LogP contribution in [0.2, 0.25) is 0 Å². The van der Waals surface area contributed by atoms with Gasteiger partial charge >= 0.3 is 0 Å². The zero-order valence-electron chi connectivity index (χ0n) is 13.7. The van der Waals surface area contributed by atoms with E-state index in [-0.39, 0.29) is 12.5 Å². The number of carbonyl (C=O) groups excluding carboxylic acids is 1. The minimum Gasteiger partial charge on any atom is -0.370 e. The fourth-order valence-electron chi connectivity index (χ4n) is 2.21. The molecule has 0 unspecified atom stereocenters. The van der Waals surface area contributed by atoms with Crippen LogP contribution in [-0.2, 0) is 11.2 Å². The third kappa shape index (κ3) is 4.88. The molecule has 0 saturated heterocycles. The summed E-state index contributed by atoms with van der Waals surface area (Å²) in [4.78, 5) is 22.4. The van der Waals surface area contributed by atoms with Gasteiger partial charge in [-0.3, -0.25) is 4.79 Å². The molecule has 0 saturated carbocycles. The fraction of sp³-hybridized carbons (Fsp3) is 0.667. The molecule has 0 atom stereocenters. The number of carbonyl (C=O) groups is 1. The van der Waals surface area contributed by atoms with Crippen molar-refractivity contribution >= 4 is 17.5 Å². The lowest BCUT2D eigenvalue weighted by Gasteiger charge is -2.27. The summed E-state index contributed by atoms with van der Waals surface area (Å²) >= 11 is 0. The molecule has 1 rings (SSSR count). The lowest BCUT2D eigenvalue weighted by atomic mass is 10.2. The van der Waals surface area contributed by atoms with Gasteiger partial charge in [0.15, 0.2) is 0 Å². The molecule has 1 aromatic rings. The normalized spacial score (nSPS) is 10.8. The average molecular weight is 293 g/mol. The molecule has 118 valence electrons. The first-order chi connectivity index (χ1) is 9.88. The molecule has 0 aliphatic heterocycles. The molecular formula is C15H27N5O. The second-order valence-electron chi connectivity index (χ2n) is 5.56. The number of hydrogen-bond acceptors (Lipinski definition) is 5. The lowest BCUT2D eigenvalue weighted by molar-refractivity contribution is -0.116. The lowest BCUT2D eigenvalue weighted by Crippen LogP contribution is -2.37. The average Bonchev–Trinajstić information content (AvgIpc) is 2.39. The first kappa shape index (κ1) is 17.2. The van der Waals surface area contributed by atoms with Gasteiger partial charge in [-0.2, -0.15) is 0 Å². The zero-order chi connectivity index (χ0) is 16.0. The van der Waals surface area contributed by atoms with Crippen LogP contribution < -0.4 is 16.0 Å². The summed E-state index contributed by atoms with van der Waals surface area (Å²) in [5.74, 6) is 2.45. The van der Waals surface area contributed by atoms with Gasteiger partial charge in [0.05, 0.1) is 6.54 Å². The Bertz CT molecular complexity index is 487. The minimum atomic E-state index is -0.350. The molecule has 6 heteroatoms. The monoisotopic (exact) mass is 293 g/mol. The van der Waals surface area contributed by atoms with Crippen molar-refractivity contribution in [3.63, 3.8) is 0 Å². The summed E-state index contributed by atoms with van der Waals surface area (Å²) in [5, 5.41) is 3.26. The van der Waals surface area contributed by atoms with Crippen molar-refractivity contribution in [1.29, 1.82) is 0 Å². The number of rotatable bonds is 8. The molecule has 0 fully saturated rings. The zero-order valence-corrected chi connectivity index (χ0v) is 13.7. The van der Waals surface area contributed by atoms with Gasteiger partial charge in [0.2, 0.25) is 5.91 Å². The highest BCUT2D eigenvalue weighted by molar-refractivity contribution is 5.79. The van der Waals surface area contributed by atoms with Gasteiger partial charge in [0.1, 0.15) is 17.5 Å². The number of hydrogen-bond donors (Lipinski definition) is 2. The van der Waals surface area contributed by atoms with Crippen molar-refractivity contribution in [1.82, 2.24) is 9.97 Å². The molecule has 21 heavy (non-hydrogen) atoms. The number of primary amides is 1. The number of aromatic nitrogens is 2. The van der Waals surface area contributed by atoms with Crippen LogP contribution in [0.15, 0.2) is 0 Å². The molecule has 3 N–H and O–H groups in total. The van der Waals surface area contributed by atoms with Gasteiger partial charge in [0, 0.05) is 25.1 Å². The number of amides is 1. The third-order valence-corrected chi connectivity index (χ3v) is 3.06. The van der Waals surface area contributed by atoms with Crippen molar-refractivity contribution < 1.29 is 4.79 Å². The van der Waals surface area contributed by atoms with E-state index in [0.717, 1.165) is 42.5 Å². The Labute approximate surface area is 127 Å². The molecule has 1 heterocycles. The second kappa shape index (κ2) is 7.81. The Morgan fingerprint density at radius 2 is 2.00 bits per heavy atom. The van der Waals surface area contributed by atoms with E-state index in [2.05, 4.69) is 29.1 Å². The number of nitrogens with two attached hydrogens (primary N) is 1. The second-order valence-corrected chi connectivity index (χ2v) is 5.56. The van der Waals surface area contributed by atoms with Crippen molar-refractivity contribution in [2.45, 2.75) is 41.0 Å². The molecule has 0 aliphatic carbocycles. The van der Waals surface area contributed by atoms with E-state index in [1.54, 1.807) is 0 Å². The Kier molecular flexibility index (Phi) is 6.39. The van der Waals surface area contributed by atoms with Crippen molar-refractivity contribution in [3.05, 3.63) is 11.4 Å². The first-order valence-electron chi connectivity index (χ1n) is 7.53. The largest absolute Gasteiger partial charge is 0.370 e. The number of anilines is 2. The van der Waals surface area contributed by atoms with Crippen LogP contribution in [0.4, 0.5) is 11.6 Å². The number of nitrogens with one attached hydrogen (secondary N) is 1. The van der Waals surface area contributed by atoms with Crippen molar-refractivity contribution in [2.75, 3.05) is 29.9 Å². The summed E-state index contributed by atoms with van der Waals surface area (Å²) in [6.45, 7) is 11.9. The van der Waals surface area contributed by atoms with E-state index in [9.17, 15) is 4.79 Å². The topological polar surface area (TPSA) is 84.1 Å². The molecular weight excluding hydrogens is 266 g/mol. The molecule has 0 aliphatic rings. The standard InChI is InChI=1S/C15H27N5O/c1-6-13-18-14(17-7-2)11(5)15(19-13)20(8-10(3)4)9-12(16)21/h10H,6-9H2,1-5H3,(H2,16,21)(H,17,18,19). The Hall–Kier alpha value is -1.85. The van der Waals surface area contributed by atoms with Crippen LogP contribution in [0.3, 0.4) is 0 Å². The van der Waals surface area contributed by atoms with E-state index in [1.165, 1.54) is 0 Å². The predicted octanol–water partition coefficient (Wildman–Crippen LogP) is 1.73. The smallest absolute Gasteiger partial charge is 0.236 e. The Morgan fingerprint density at radius 3 is 2.48 bits per heavy atom. The Balaban J connectivity index is 3.26. The summed E-state index contributed by atoms with van der Waals surface area (Å²) in [6.07, 6.45) is 0.748. The van der Waals surface area contributed by atoms with E-state index in [4.69, 9.17) is 5.73 Å². The maximum absolute atomic E-state index is 11.4. The van der Waals surface area contributed by atoms with E-state index < -0.39 is 0 Å². The summed E-state index contributed by atoms with van der Waals surface area (Å²) in [6, 6.07) is 0. The van der Waals surface area contributed by atoms with Crippen LogP contribution in [0.1, 0.15) is 39.1 Å². The van der Waals surface area contributed by atoms with Gasteiger partial charge in [0.25, 0.3) is 0 Å². The van der Waals surface area contributed by atoms with E-state index >= 15 is 0 Å². The number of nitrogens with zero attached hydrogens (tertiary/aromatic N) is 3. The molecule has 0 radical (unpaired) electrons. The maximum Gasteiger partial charge on any atom is 0.236 e. The molecule has 1 amide bonds. The van der Waals surface area contributed by atoms with Gasteiger partial charge < -0.3 is 16.0 Å². The van der Waals surface area contributed by atoms with E-state index in [1.807, 2.05) is 25.7 Å². The van der Waals surface area contributed by atoms with E-state index in [0.29, 0.717) is 5.92 Å². The minimum absolute atomic E-state index is 0.171. The van der Waals surface area contributed by atoms with Crippen molar-refractivity contribution in [2.24, 2.45) is 11.7 Å². The molecule has 0 aromatic carbocycles. The first-order valence-corrected chi connectivity index (χ1v) is 7.53. The SMILES string of the molecule is CCNc1nc(CC)nc(N(CC(N)=O)CC(C)C)c1C. The highest BCUT2D eigenvalue weighted by Gasteiger charge is 2.18. The van der Waals surface area contributed by atoms with Gasteiger partial charge in [-0.1, -0.05) is 20.8 Å². The molecule has 6 nitrogen and oxygen atoms in total. The van der Waals surface area contributed by atoms with Crippen LogP contribution in [0, 0.1) is 12.8 Å². The summed E-state index contributed by atoms with van der Waals surface area (Å²) in [7, 11) is 0. The van der Waals surface area contributed by atoms with Crippen LogP contribution in [-0.4, -0.2) is 35.5 Å². The van der Waals surface area contributed by atoms with Gasteiger partial charge in [-0.25, -0.2) is 9.97 Å². The number of aryl methyl sites for hydroxylation is 1.